The summed E-state index contributed by atoms with van der Waals surface area (Å²) in [6.07, 6.45) is 3.09. The molecule has 1 aliphatic heterocycles. The van der Waals surface area contributed by atoms with Crippen molar-refractivity contribution in [1.82, 2.24) is 25.4 Å². The van der Waals surface area contributed by atoms with E-state index in [2.05, 4.69) is 36.4 Å². The number of amides is 2. The van der Waals surface area contributed by atoms with E-state index in [0.717, 1.165) is 33.1 Å². The van der Waals surface area contributed by atoms with Crippen molar-refractivity contribution in [3.63, 3.8) is 0 Å². The minimum Gasteiger partial charge on any atom is -0.348 e. The van der Waals surface area contributed by atoms with Gasteiger partial charge in [0, 0.05) is 46.3 Å². The Morgan fingerprint density at radius 3 is 3.00 bits per heavy atom. The molecule has 2 amide bonds. The molecule has 1 unspecified atom stereocenters. The van der Waals surface area contributed by atoms with Crippen LogP contribution in [0.3, 0.4) is 0 Å². The molecule has 4 rings (SSSR count). The second-order valence-corrected chi connectivity index (χ2v) is 8.18. The van der Waals surface area contributed by atoms with Gasteiger partial charge in [-0.15, -0.1) is 0 Å². The van der Waals surface area contributed by atoms with E-state index in [1.54, 1.807) is 11.1 Å². The largest absolute Gasteiger partial charge is 0.348 e. The fourth-order valence-electron chi connectivity index (χ4n) is 3.47. The third-order valence-corrected chi connectivity index (χ3v) is 5.97. The first-order chi connectivity index (χ1) is 14.0. The number of aromatic amines is 1. The molecule has 2 N–H and O–H groups in total. The van der Waals surface area contributed by atoms with Crippen LogP contribution in [0.2, 0.25) is 0 Å². The van der Waals surface area contributed by atoms with E-state index in [-0.39, 0.29) is 17.9 Å². The van der Waals surface area contributed by atoms with Gasteiger partial charge in [-0.1, -0.05) is 19.1 Å². The summed E-state index contributed by atoms with van der Waals surface area (Å²) >= 11 is 3.49. The van der Waals surface area contributed by atoms with Crippen LogP contribution in [0, 0.1) is 0 Å². The lowest BCUT2D eigenvalue weighted by atomic mass is 10.0. The maximum absolute atomic E-state index is 13.1. The van der Waals surface area contributed by atoms with Gasteiger partial charge in [-0.05, 0) is 41.4 Å². The summed E-state index contributed by atoms with van der Waals surface area (Å²) in [5, 5.41) is 11.0. The second kappa shape index (κ2) is 7.94. The van der Waals surface area contributed by atoms with Gasteiger partial charge < -0.3 is 10.2 Å². The zero-order valence-electron chi connectivity index (χ0n) is 16.3. The van der Waals surface area contributed by atoms with Crippen LogP contribution in [0.15, 0.2) is 34.9 Å². The average Bonchev–Trinajstić information content (AvgIpc) is 3.16. The Balaban J connectivity index is 1.57. The van der Waals surface area contributed by atoms with Crippen molar-refractivity contribution in [2.45, 2.75) is 39.3 Å². The average molecular weight is 456 g/mol. The predicted octanol–water partition coefficient (Wildman–Crippen LogP) is 3.45. The molecule has 0 saturated heterocycles. The summed E-state index contributed by atoms with van der Waals surface area (Å²) in [5.74, 6) is -0.303. The maximum atomic E-state index is 13.1. The fraction of sp³-hybridized carbons (Fsp3) is 0.333. The molecule has 8 heteroatoms. The fourth-order valence-corrected chi connectivity index (χ4v) is 3.96. The minimum absolute atomic E-state index is 0.0687. The standard InChI is InChI=1S/C21H22BrN5O2/c1-3-12(2)24-20(28)19-15-11-27(8-7-17(15)25-26-19)21(29)14-9-13-5-4-6-16(22)18(13)23-10-14/h4-6,9-10,12H,3,7-8,11H2,1-2H3,(H,24,28)(H,25,26). The quantitative estimate of drug-likeness (QED) is 0.629. The highest BCUT2D eigenvalue weighted by atomic mass is 79.9. The van der Waals surface area contributed by atoms with E-state index in [0.29, 0.717) is 30.8 Å². The van der Waals surface area contributed by atoms with Crippen molar-refractivity contribution in [3.05, 3.63) is 57.4 Å². The first-order valence-electron chi connectivity index (χ1n) is 9.68. The van der Waals surface area contributed by atoms with Crippen molar-refractivity contribution >= 4 is 38.6 Å². The molecule has 0 radical (unpaired) electrons. The van der Waals surface area contributed by atoms with Gasteiger partial charge in [0.15, 0.2) is 5.69 Å². The molecule has 0 fully saturated rings. The highest BCUT2D eigenvalue weighted by Gasteiger charge is 2.28. The van der Waals surface area contributed by atoms with Crippen LogP contribution in [0.25, 0.3) is 10.9 Å². The molecule has 1 aromatic carbocycles. The van der Waals surface area contributed by atoms with Crippen LogP contribution in [0.1, 0.15) is 52.4 Å². The zero-order valence-corrected chi connectivity index (χ0v) is 17.9. The molecule has 0 bridgehead atoms. The van der Waals surface area contributed by atoms with E-state index in [1.807, 2.05) is 38.1 Å². The lowest BCUT2D eigenvalue weighted by Crippen LogP contribution is -2.38. The Morgan fingerprint density at radius 1 is 1.38 bits per heavy atom. The Kier molecular flexibility index (Phi) is 5.36. The summed E-state index contributed by atoms with van der Waals surface area (Å²) in [4.78, 5) is 31.9. The lowest BCUT2D eigenvalue weighted by Gasteiger charge is -2.27. The number of H-pyrrole nitrogens is 1. The SMILES string of the molecule is CCC(C)NC(=O)c1n[nH]c2c1CN(C(=O)c1cnc3c(Br)cccc3c1)CC2. The number of hydrogen-bond donors (Lipinski definition) is 2. The number of nitrogens with one attached hydrogen (secondary N) is 2. The van der Waals surface area contributed by atoms with E-state index in [1.165, 1.54) is 0 Å². The molecule has 7 nitrogen and oxygen atoms in total. The number of hydrogen-bond acceptors (Lipinski definition) is 4. The van der Waals surface area contributed by atoms with Crippen LogP contribution in [-0.2, 0) is 13.0 Å². The smallest absolute Gasteiger partial charge is 0.272 e. The summed E-state index contributed by atoms with van der Waals surface area (Å²) in [7, 11) is 0. The highest BCUT2D eigenvalue weighted by Crippen LogP contribution is 2.25. The molecule has 0 saturated carbocycles. The van der Waals surface area contributed by atoms with Gasteiger partial charge in [-0.3, -0.25) is 19.7 Å². The number of benzene rings is 1. The highest BCUT2D eigenvalue weighted by molar-refractivity contribution is 9.10. The van der Waals surface area contributed by atoms with Gasteiger partial charge in [0.05, 0.1) is 17.6 Å². The Labute approximate surface area is 177 Å². The first-order valence-corrected chi connectivity index (χ1v) is 10.5. The summed E-state index contributed by atoms with van der Waals surface area (Å²) in [6.45, 7) is 4.89. The summed E-state index contributed by atoms with van der Waals surface area (Å²) in [6, 6.07) is 7.71. The van der Waals surface area contributed by atoms with Crippen LogP contribution in [0.5, 0.6) is 0 Å². The lowest BCUT2D eigenvalue weighted by molar-refractivity contribution is 0.0730. The third-order valence-electron chi connectivity index (χ3n) is 5.33. The molecule has 0 spiro atoms. The predicted molar refractivity (Wildman–Crippen MR) is 114 cm³/mol. The zero-order chi connectivity index (χ0) is 20.5. The summed E-state index contributed by atoms with van der Waals surface area (Å²) in [5.41, 5.74) is 3.45. The molecule has 1 aliphatic rings. The monoisotopic (exact) mass is 455 g/mol. The van der Waals surface area contributed by atoms with E-state index >= 15 is 0 Å². The van der Waals surface area contributed by atoms with Gasteiger partial charge >= 0.3 is 0 Å². The first kappa shape index (κ1) is 19.6. The van der Waals surface area contributed by atoms with E-state index in [9.17, 15) is 9.59 Å². The van der Waals surface area contributed by atoms with Gasteiger partial charge in [0.25, 0.3) is 11.8 Å². The van der Waals surface area contributed by atoms with Gasteiger partial charge in [0.2, 0.25) is 0 Å². The number of carbonyl (C=O) groups is 2. The topological polar surface area (TPSA) is 91.0 Å². The van der Waals surface area contributed by atoms with Gasteiger partial charge in [-0.2, -0.15) is 5.10 Å². The number of rotatable bonds is 4. The molecule has 3 aromatic rings. The molecule has 2 aromatic heterocycles. The molecule has 1 atom stereocenters. The third kappa shape index (κ3) is 3.76. The number of halogens is 1. The molecular formula is C21H22BrN5O2. The number of carbonyl (C=O) groups excluding carboxylic acids is 2. The van der Waals surface area contributed by atoms with Gasteiger partial charge in [-0.25, -0.2) is 0 Å². The molecular weight excluding hydrogens is 434 g/mol. The second-order valence-electron chi connectivity index (χ2n) is 7.32. The Morgan fingerprint density at radius 2 is 2.21 bits per heavy atom. The number of fused-ring (bicyclic) bond motifs is 2. The molecule has 29 heavy (non-hydrogen) atoms. The molecule has 0 aliphatic carbocycles. The van der Waals surface area contributed by atoms with Crippen LogP contribution in [0.4, 0.5) is 0 Å². The van der Waals surface area contributed by atoms with Crippen molar-refractivity contribution in [1.29, 1.82) is 0 Å². The normalized spacial score (nSPS) is 14.5. The van der Waals surface area contributed by atoms with E-state index < -0.39 is 0 Å². The Hall–Kier alpha value is -2.74. The number of para-hydroxylation sites is 1. The van der Waals surface area contributed by atoms with Gasteiger partial charge in [0.1, 0.15) is 0 Å². The Bertz CT molecular complexity index is 1090. The number of nitrogens with zero attached hydrogens (tertiary/aromatic N) is 3. The molecule has 150 valence electrons. The van der Waals surface area contributed by atoms with Crippen molar-refractivity contribution < 1.29 is 9.59 Å². The number of pyridine rings is 1. The molecule has 3 heterocycles. The van der Waals surface area contributed by atoms with Crippen molar-refractivity contribution in [3.8, 4) is 0 Å². The van der Waals surface area contributed by atoms with Crippen LogP contribution >= 0.6 is 15.9 Å². The maximum Gasteiger partial charge on any atom is 0.272 e. The minimum atomic E-state index is -0.205. The van der Waals surface area contributed by atoms with Crippen LogP contribution in [-0.4, -0.2) is 44.5 Å². The van der Waals surface area contributed by atoms with Crippen molar-refractivity contribution in [2.24, 2.45) is 0 Å². The number of aromatic nitrogens is 3. The summed E-state index contributed by atoms with van der Waals surface area (Å²) < 4.78 is 0.895. The van der Waals surface area contributed by atoms with Crippen molar-refractivity contribution in [2.75, 3.05) is 6.54 Å². The van der Waals surface area contributed by atoms with E-state index in [4.69, 9.17) is 0 Å². The van der Waals surface area contributed by atoms with Crippen LogP contribution < -0.4 is 5.32 Å².